The Hall–Kier alpha value is -1.55. The second-order valence-electron chi connectivity index (χ2n) is 5.78. The van der Waals surface area contributed by atoms with Crippen LogP contribution in [0.1, 0.15) is 19.4 Å². The lowest BCUT2D eigenvalue weighted by Crippen LogP contribution is -2.40. The van der Waals surface area contributed by atoms with Gasteiger partial charge in [0.25, 0.3) is 0 Å². The van der Waals surface area contributed by atoms with Gasteiger partial charge in [-0.15, -0.1) is 0 Å². The number of ether oxygens (including phenoxy) is 1. The Morgan fingerprint density at radius 1 is 1.45 bits per heavy atom. The molecule has 1 atom stereocenters. The van der Waals surface area contributed by atoms with Crippen LogP contribution in [0.4, 0.5) is 5.69 Å². The molecule has 1 aliphatic heterocycles. The molecule has 0 saturated heterocycles. The average Bonchev–Trinajstić information content (AvgIpc) is 2.42. The number of fused-ring (bicyclic) bond motifs is 1. The molecule has 1 heterocycles. The number of carbonyl (C=O) groups is 1. The van der Waals surface area contributed by atoms with Crippen LogP contribution in [-0.2, 0) is 16.0 Å². The van der Waals surface area contributed by atoms with Gasteiger partial charge in [-0.05, 0) is 24.0 Å². The molecule has 0 aromatic heterocycles. The van der Waals surface area contributed by atoms with Crippen molar-refractivity contribution in [2.75, 3.05) is 31.2 Å². The zero-order valence-electron chi connectivity index (χ0n) is 12.2. The lowest BCUT2D eigenvalue weighted by atomic mass is 9.92. The zero-order chi connectivity index (χ0) is 14.5. The van der Waals surface area contributed by atoms with E-state index in [9.17, 15) is 9.90 Å². The van der Waals surface area contributed by atoms with Gasteiger partial charge in [0.05, 0.1) is 12.5 Å². The number of anilines is 1. The van der Waals surface area contributed by atoms with Crippen LogP contribution < -0.4 is 4.90 Å². The van der Waals surface area contributed by atoms with E-state index >= 15 is 0 Å². The Kier molecular flexibility index (Phi) is 5.01. The molecule has 0 radical (unpaired) electrons. The van der Waals surface area contributed by atoms with Crippen molar-refractivity contribution in [2.45, 2.75) is 20.3 Å². The van der Waals surface area contributed by atoms with Crippen molar-refractivity contribution in [3.63, 3.8) is 0 Å². The topological polar surface area (TPSA) is 49.8 Å². The third kappa shape index (κ3) is 3.73. The summed E-state index contributed by atoms with van der Waals surface area (Å²) < 4.78 is 5.62. The van der Waals surface area contributed by atoms with E-state index in [-0.39, 0.29) is 5.92 Å². The quantitative estimate of drug-likeness (QED) is 0.811. The van der Waals surface area contributed by atoms with Crippen LogP contribution in [0.2, 0.25) is 0 Å². The minimum atomic E-state index is -0.715. The van der Waals surface area contributed by atoms with Gasteiger partial charge in [-0.2, -0.15) is 0 Å². The fourth-order valence-corrected chi connectivity index (χ4v) is 2.56. The maximum absolute atomic E-state index is 11.3. The maximum Gasteiger partial charge on any atom is 0.308 e. The number of benzene rings is 1. The fraction of sp³-hybridized carbons (Fsp3) is 0.562. The average molecular weight is 277 g/mol. The summed E-state index contributed by atoms with van der Waals surface area (Å²) in [6.07, 6.45) is 0.620. The number of nitrogens with zero attached hydrogens (tertiary/aromatic N) is 1. The summed E-state index contributed by atoms with van der Waals surface area (Å²) >= 11 is 0. The highest BCUT2D eigenvalue weighted by Gasteiger charge is 2.28. The van der Waals surface area contributed by atoms with Crippen LogP contribution in [-0.4, -0.2) is 37.4 Å². The van der Waals surface area contributed by atoms with Gasteiger partial charge in [0.2, 0.25) is 0 Å². The molecule has 4 nitrogen and oxygen atoms in total. The third-order valence-electron chi connectivity index (χ3n) is 3.55. The van der Waals surface area contributed by atoms with Gasteiger partial charge in [0, 0.05) is 25.4 Å². The van der Waals surface area contributed by atoms with Crippen molar-refractivity contribution in [1.29, 1.82) is 0 Å². The third-order valence-corrected chi connectivity index (χ3v) is 3.55. The highest BCUT2D eigenvalue weighted by atomic mass is 16.5. The largest absolute Gasteiger partial charge is 0.481 e. The molecule has 0 spiro atoms. The van der Waals surface area contributed by atoms with Crippen molar-refractivity contribution in [3.8, 4) is 0 Å². The second-order valence-corrected chi connectivity index (χ2v) is 5.78. The van der Waals surface area contributed by atoms with Crippen molar-refractivity contribution >= 4 is 11.7 Å². The van der Waals surface area contributed by atoms with Crippen molar-refractivity contribution < 1.29 is 14.6 Å². The van der Waals surface area contributed by atoms with E-state index in [1.54, 1.807) is 0 Å². The Morgan fingerprint density at radius 2 is 2.20 bits per heavy atom. The Balaban J connectivity index is 2.01. The zero-order valence-corrected chi connectivity index (χ0v) is 12.2. The molecular formula is C16H23NO3. The summed E-state index contributed by atoms with van der Waals surface area (Å²) in [4.78, 5) is 13.4. The van der Waals surface area contributed by atoms with E-state index < -0.39 is 5.97 Å². The summed E-state index contributed by atoms with van der Waals surface area (Å²) in [7, 11) is 0. The van der Waals surface area contributed by atoms with Gasteiger partial charge in [0.1, 0.15) is 0 Å². The first-order chi connectivity index (χ1) is 9.58. The molecule has 1 unspecified atom stereocenters. The molecule has 0 saturated carbocycles. The van der Waals surface area contributed by atoms with E-state index in [0.717, 1.165) is 24.4 Å². The molecule has 4 heteroatoms. The lowest BCUT2D eigenvalue weighted by molar-refractivity contribution is -0.141. The van der Waals surface area contributed by atoms with Gasteiger partial charge < -0.3 is 14.7 Å². The minimum absolute atomic E-state index is 0.324. The summed E-state index contributed by atoms with van der Waals surface area (Å²) in [5.41, 5.74) is 2.27. The van der Waals surface area contributed by atoms with Crippen molar-refractivity contribution in [3.05, 3.63) is 29.8 Å². The van der Waals surface area contributed by atoms with Crippen molar-refractivity contribution in [2.24, 2.45) is 11.8 Å². The molecule has 0 bridgehead atoms. The van der Waals surface area contributed by atoms with E-state index in [4.69, 9.17) is 4.74 Å². The van der Waals surface area contributed by atoms with Gasteiger partial charge >= 0.3 is 5.97 Å². The Bertz CT molecular complexity index is 459. The van der Waals surface area contributed by atoms with Gasteiger partial charge in [-0.25, -0.2) is 0 Å². The fourth-order valence-electron chi connectivity index (χ4n) is 2.56. The van der Waals surface area contributed by atoms with Crippen LogP contribution >= 0.6 is 0 Å². The number of para-hydroxylation sites is 1. The SMILES string of the molecule is CC(C)COCCN1CC(C(=O)O)Cc2ccccc21. The molecule has 2 rings (SSSR count). The molecule has 1 aromatic rings. The molecule has 0 aliphatic carbocycles. The van der Waals surface area contributed by atoms with E-state index in [0.29, 0.717) is 25.5 Å². The number of carboxylic acid groups (broad SMARTS) is 1. The van der Waals surface area contributed by atoms with Gasteiger partial charge in [-0.3, -0.25) is 4.79 Å². The van der Waals surface area contributed by atoms with E-state index in [2.05, 4.69) is 24.8 Å². The number of rotatable bonds is 6. The lowest BCUT2D eigenvalue weighted by Gasteiger charge is -2.34. The number of hydrogen-bond acceptors (Lipinski definition) is 3. The predicted molar refractivity (Wildman–Crippen MR) is 79.1 cm³/mol. The first kappa shape index (κ1) is 14.9. The predicted octanol–water partition coefficient (Wildman–Crippen LogP) is 2.42. The highest BCUT2D eigenvalue weighted by molar-refractivity contribution is 5.73. The van der Waals surface area contributed by atoms with E-state index in [1.807, 2.05) is 18.2 Å². The first-order valence-corrected chi connectivity index (χ1v) is 7.21. The summed E-state index contributed by atoms with van der Waals surface area (Å²) in [5.74, 6) is -0.516. The molecule has 1 aromatic carbocycles. The number of aliphatic carboxylic acids is 1. The number of carboxylic acids is 1. The molecule has 1 aliphatic rings. The molecule has 1 N–H and O–H groups in total. The van der Waals surface area contributed by atoms with Crippen molar-refractivity contribution in [1.82, 2.24) is 0 Å². The minimum Gasteiger partial charge on any atom is -0.481 e. The normalized spacial score (nSPS) is 18.1. The summed E-state index contributed by atoms with van der Waals surface area (Å²) in [6, 6.07) is 8.06. The number of hydrogen-bond donors (Lipinski definition) is 1. The Labute approximate surface area is 120 Å². The summed E-state index contributed by atoms with van der Waals surface area (Å²) in [6.45, 7) is 6.94. The molecule has 0 fully saturated rings. The monoisotopic (exact) mass is 277 g/mol. The van der Waals surface area contributed by atoms with Crippen LogP contribution in [0.5, 0.6) is 0 Å². The van der Waals surface area contributed by atoms with Gasteiger partial charge in [-0.1, -0.05) is 32.0 Å². The molecule has 110 valence electrons. The molecule has 20 heavy (non-hydrogen) atoms. The van der Waals surface area contributed by atoms with Crippen LogP contribution in [0, 0.1) is 11.8 Å². The molecular weight excluding hydrogens is 254 g/mol. The maximum atomic E-state index is 11.3. The van der Waals surface area contributed by atoms with Gasteiger partial charge in [0.15, 0.2) is 0 Å². The highest BCUT2D eigenvalue weighted by Crippen LogP contribution is 2.29. The first-order valence-electron chi connectivity index (χ1n) is 7.21. The smallest absolute Gasteiger partial charge is 0.308 e. The second kappa shape index (κ2) is 6.75. The molecule has 0 amide bonds. The van der Waals surface area contributed by atoms with E-state index in [1.165, 1.54) is 0 Å². The van der Waals surface area contributed by atoms with Crippen LogP contribution in [0.25, 0.3) is 0 Å². The summed E-state index contributed by atoms with van der Waals surface area (Å²) in [5, 5.41) is 9.27. The van der Waals surface area contributed by atoms with Crippen LogP contribution in [0.3, 0.4) is 0 Å². The Morgan fingerprint density at radius 3 is 2.90 bits per heavy atom. The van der Waals surface area contributed by atoms with Crippen LogP contribution in [0.15, 0.2) is 24.3 Å². The standard InChI is InChI=1S/C16H23NO3/c1-12(2)11-20-8-7-17-10-14(16(18)19)9-13-5-3-4-6-15(13)17/h3-6,12,14H,7-11H2,1-2H3,(H,18,19).